The van der Waals surface area contributed by atoms with E-state index in [1.54, 1.807) is 6.08 Å². The SMILES string of the molecule is C=CCn1c(SCC(=O)c2cccs2)nnc1-c1ccc(Cl)cc1. The van der Waals surface area contributed by atoms with E-state index in [0.717, 1.165) is 16.3 Å². The largest absolute Gasteiger partial charge is 0.298 e. The highest BCUT2D eigenvalue weighted by atomic mass is 35.5. The maximum Gasteiger partial charge on any atom is 0.192 e. The Balaban J connectivity index is 1.82. The van der Waals surface area contributed by atoms with E-state index in [9.17, 15) is 4.79 Å². The van der Waals surface area contributed by atoms with E-state index in [1.807, 2.05) is 46.3 Å². The summed E-state index contributed by atoms with van der Waals surface area (Å²) in [6.45, 7) is 4.36. The Bertz CT molecular complexity index is 841. The normalized spacial score (nSPS) is 10.7. The molecule has 0 fully saturated rings. The van der Waals surface area contributed by atoms with Gasteiger partial charge in [-0.15, -0.1) is 28.1 Å². The highest BCUT2D eigenvalue weighted by Gasteiger charge is 2.15. The molecule has 0 aliphatic rings. The fourth-order valence-corrected chi connectivity index (χ4v) is 3.85. The van der Waals surface area contributed by atoms with Gasteiger partial charge in [0.25, 0.3) is 0 Å². The van der Waals surface area contributed by atoms with E-state index in [2.05, 4.69) is 16.8 Å². The number of carbonyl (C=O) groups excluding carboxylic acids is 1. The minimum absolute atomic E-state index is 0.0937. The first-order valence-electron chi connectivity index (χ1n) is 7.18. The third-order valence-corrected chi connectivity index (χ3v) is 5.39. The Morgan fingerprint density at radius 3 is 2.75 bits per heavy atom. The second-order valence-electron chi connectivity index (χ2n) is 4.90. The number of allylic oxidation sites excluding steroid dienone is 1. The van der Waals surface area contributed by atoms with Crippen molar-refractivity contribution in [2.45, 2.75) is 11.7 Å². The Hall–Kier alpha value is -1.89. The number of Topliss-reactive ketones (excluding diaryl/α,β-unsaturated/α-hetero) is 1. The molecule has 4 nitrogen and oxygen atoms in total. The summed E-state index contributed by atoms with van der Waals surface area (Å²) in [5.41, 5.74) is 0.921. The molecule has 0 saturated carbocycles. The number of thioether (sulfide) groups is 1. The number of rotatable bonds is 7. The number of hydrogen-bond donors (Lipinski definition) is 0. The number of carbonyl (C=O) groups is 1. The number of aromatic nitrogens is 3. The van der Waals surface area contributed by atoms with Crippen LogP contribution in [0.1, 0.15) is 9.67 Å². The number of halogens is 1. The molecule has 0 spiro atoms. The van der Waals surface area contributed by atoms with Crippen LogP contribution >= 0.6 is 34.7 Å². The van der Waals surface area contributed by atoms with Crippen LogP contribution in [0.5, 0.6) is 0 Å². The molecule has 0 amide bonds. The topological polar surface area (TPSA) is 47.8 Å². The van der Waals surface area contributed by atoms with Gasteiger partial charge in [0.1, 0.15) is 0 Å². The third-order valence-electron chi connectivity index (χ3n) is 3.26. The molecule has 0 N–H and O–H groups in total. The maximum absolute atomic E-state index is 12.2. The van der Waals surface area contributed by atoms with E-state index in [-0.39, 0.29) is 5.78 Å². The molecule has 0 atom stereocenters. The summed E-state index contributed by atoms with van der Waals surface area (Å²) in [7, 11) is 0. The molecule has 7 heteroatoms. The van der Waals surface area contributed by atoms with E-state index in [4.69, 9.17) is 11.6 Å². The van der Waals surface area contributed by atoms with Gasteiger partial charge in [-0.05, 0) is 35.7 Å². The van der Waals surface area contributed by atoms with Gasteiger partial charge in [-0.3, -0.25) is 9.36 Å². The van der Waals surface area contributed by atoms with Crippen molar-refractivity contribution in [2.24, 2.45) is 0 Å². The average Bonchev–Trinajstić information content (AvgIpc) is 3.24. The van der Waals surface area contributed by atoms with Crippen molar-refractivity contribution in [2.75, 3.05) is 5.75 Å². The summed E-state index contributed by atoms with van der Waals surface area (Å²) in [6, 6.07) is 11.1. The van der Waals surface area contributed by atoms with Crippen LogP contribution in [0, 0.1) is 0 Å². The molecule has 3 rings (SSSR count). The van der Waals surface area contributed by atoms with Crippen molar-refractivity contribution < 1.29 is 4.79 Å². The lowest BCUT2D eigenvalue weighted by Crippen LogP contribution is -2.04. The minimum Gasteiger partial charge on any atom is -0.298 e. The highest BCUT2D eigenvalue weighted by molar-refractivity contribution is 7.99. The van der Waals surface area contributed by atoms with Crippen LogP contribution in [0.25, 0.3) is 11.4 Å². The molecule has 0 aliphatic heterocycles. The first kappa shape index (κ1) is 17.0. The third kappa shape index (κ3) is 3.77. The summed E-state index contributed by atoms with van der Waals surface area (Å²) in [5, 5.41) is 11.8. The Morgan fingerprint density at radius 1 is 1.29 bits per heavy atom. The van der Waals surface area contributed by atoms with Gasteiger partial charge in [0, 0.05) is 17.1 Å². The molecule has 0 saturated heterocycles. The zero-order valence-corrected chi connectivity index (χ0v) is 15.1. The van der Waals surface area contributed by atoms with E-state index in [1.165, 1.54) is 23.1 Å². The lowest BCUT2D eigenvalue weighted by Gasteiger charge is -2.07. The molecule has 1 aromatic carbocycles. The molecule has 2 heterocycles. The number of nitrogens with zero attached hydrogens (tertiary/aromatic N) is 3. The predicted octanol–water partition coefficient (Wildman–Crippen LogP) is 4.82. The van der Waals surface area contributed by atoms with Crippen molar-refractivity contribution in [3.8, 4) is 11.4 Å². The molecule has 2 aromatic heterocycles. The van der Waals surface area contributed by atoms with Crippen LogP contribution in [0.3, 0.4) is 0 Å². The lowest BCUT2D eigenvalue weighted by molar-refractivity contribution is 0.102. The number of thiophene rings is 1. The molecule has 3 aromatic rings. The summed E-state index contributed by atoms with van der Waals surface area (Å²) < 4.78 is 1.95. The molecule has 0 radical (unpaired) electrons. The molecule has 0 bridgehead atoms. The quantitative estimate of drug-likeness (QED) is 0.337. The van der Waals surface area contributed by atoms with Gasteiger partial charge < -0.3 is 0 Å². The smallest absolute Gasteiger partial charge is 0.192 e. The van der Waals surface area contributed by atoms with Gasteiger partial charge in [0.05, 0.1) is 10.6 Å². The predicted molar refractivity (Wildman–Crippen MR) is 100 cm³/mol. The first-order valence-corrected chi connectivity index (χ1v) is 9.43. The van der Waals surface area contributed by atoms with Gasteiger partial charge in [-0.2, -0.15) is 0 Å². The Labute approximate surface area is 153 Å². The lowest BCUT2D eigenvalue weighted by atomic mass is 10.2. The van der Waals surface area contributed by atoms with Crippen LogP contribution in [-0.2, 0) is 6.54 Å². The van der Waals surface area contributed by atoms with E-state index in [0.29, 0.717) is 22.5 Å². The number of ketones is 1. The standard InChI is InChI=1S/C17H14ClN3OS2/c1-2-9-21-16(12-5-7-13(18)8-6-12)19-20-17(21)24-11-14(22)15-4-3-10-23-15/h2-8,10H,1,9,11H2. The zero-order chi connectivity index (χ0) is 16.9. The fraction of sp³-hybridized carbons (Fsp3) is 0.118. The van der Waals surface area contributed by atoms with Gasteiger partial charge in [0.2, 0.25) is 0 Å². The molecule has 24 heavy (non-hydrogen) atoms. The number of hydrogen-bond acceptors (Lipinski definition) is 5. The van der Waals surface area contributed by atoms with Crippen LogP contribution in [0.2, 0.25) is 5.02 Å². The van der Waals surface area contributed by atoms with Crippen molar-refractivity contribution in [3.63, 3.8) is 0 Å². The highest BCUT2D eigenvalue weighted by Crippen LogP contribution is 2.26. The first-order chi connectivity index (χ1) is 11.7. The van der Waals surface area contributed by atoms with Gasteiger partial charge in [0.15, 0.2) is 16.8 Å². The second kappa shape index (κ2) is 7.79. The van der Waals surface area contributed by atoms with Crippen LogP contribution in [0.4, 0.5) is 0 Å². The van der Waals surface area contributed by atoms with Crippen LogP contribution in [-0.4, -0.2) is 26.3 Å². The van der Waals surface area contributed by atoms with Gasteiger partial charge in [-0.1, -0.05) is 35.5 Å². The molecule has 0 unspecified atom stereocenters. The number of benzene rings is 1. The molecule has 122 valence electrons. The van der Waals surface area contributed by atoms with Crippen LogP contribution in [0.15, 0.2) is 59.6 Å². The molecular formula is C17H14ClN3OS2. The summed E-state index contributed by atoms with van der Waals surface area (Å²) >= 11 is 8.77. The monoisotopic (exact) mass is 375 g/mol. The van der Waals surface area contributed by atoms with E-state index >= 15 is 0 Å². The van der Waals surface area contributed by atoms with Crippen molar-refractivity contribution in [3.05, 3.63) is 64.3 Å². The fourth-order valence-electron chi connectivity index (χ4n) is 2.14. The zero-order valence-electron chi connectivity index (χ0n) is 12.7. The maximum atomic E-state index is 12.2. The van der Waals surface area contributed by atoms with Gasteiger partial charge >= 0.3 is 0 Å². The summed E-state index contributed by atoms with van der Waals surface area (Å²) in [5.74, 6) is 1.16. The van der Waals surface area contributed by atoms with Crippen molar-refractivity contribution in [1.29, 1.82) is 0 Å². The Kier molecular flexibility index (Phi) is 5.50. The minimum atomic E-state index is 0.0937. The van der Waals surface area contributed by atoms with Crippen molar-refractivity contribution >= 4 is 40.5 Å². The Morgan fingerprint density at radius 2 is 2.08 bits per heavy atom. The van der Waals surface area contributed by atoms with E-state index < -0.39 is 0 Å². The molecule has 0 aliphatic carbocycles. The summed E-state index contributed by atoms with van der Waals surface area (Å²) in [4.78, 5) is 12.9. The van der Waals surface area contributed by atoms with Crippen molar-refractivity contribution in [1.82, 2.24) is 14.8 Å². The summed E-state index contributed by atoms with van der Waals surface area (Å²) in [6.07, 6.45) is 1.79. The molecular weight excluding hydrogens is 362 g/mol. The second-order valence-corrected chi connectivity index (χ2v) is 7.23. The van der Waals surface area contributed by atoms with Gasteiger partial charge in [-0.25, -0.2) is 0 Å². The average molecular weight is 376 g/mol. The van der Waals surface area contributed by atoms with Crippen LogP contribution < -0.4 is 0 Å².